The Kier molecular flexibility index (Phi) is 4.34. The maximum atomic E-state index is 5.44. The van der Waals surface area contributed by atoms with E-state index in [-0.39, 0.29) is 0 Å². The Morgan fingerprint density at radius 1 is 1.08 bits per heavy atom. The zero-order chi connectivity index (χ0) is 18.1. The molecule has 1 aliphatic carbocycles. The van der Waals surface area contributed by atoms with Gasteiger partial charge in [-0.3, -0.25) is 0 Å². The first kappa shape index (κ1) is 16.6. The maximum Gasteiger partial charge on any atom is 0.209 e. The van der Waals surface area contributed by atoms with Gasteiger partial charge in [-0.15, -0.1) is 0 Å². The summed E-state index contributed by atoms with van der Waals surface area (Å²) in [6, 6.07) is 11.8. The molecule has 26 heavy (non-hydrogen) atoms. The highest BCUT2D eigenvalue weighted by Gasteiger charge is 2.23. The van der Waals surface area contributed by atoms with Gasteiger partial charge in [0, 0.05) is 28.6 Å². The second-order valence-corrected chi connectivity index (χ2v) is 6.87. The van der Waals surface area contributed by atoms with Crippen molar-refractivity contribution in [1.82, 2.24) is 4.98 Å². The van der Waals surface area contributed by atoms with E-state index in [1.807, 2.05) is 24.3 Å². The average molecular weight is 366 g/mol. The summed E-state index contributed by atoms with van der Waals surface area (Å²) >= 11 is 1.61. The molecule has 0 atom stereocenters. The van der Waals surface area contributed by atoms with Crippen LogP contribution in [0.4, 0.5) is 5.13 Å². The van der Waals surface area contributed by atoms with E-state index < -0.39 is 0 Å². The molecule has 2 aromatic carbocycles. The third-order valence-corrected chi connectivity index (χ3v) is 5.32. The van der Waals surface area contributed by atoms with Gasteiger partial charge >= 0.3 is 0 Å². The van der Waals surface area contributed by atoms with Crippen molar-refractivity contribution in [2.24, 2.45) is 4.99 Å². The molecule has 0 N–H and O–H groups in total. The largest absolute Gasteiger partial charge is 0.497 e. The number of rotatable bonds is 5. The van der Waals surface area contributed by atoms with Gasteiger partial charge < -0.3 is 14.2 Å². The number of benzene rings is 2. The number of fused-ring (bicyclic) bond motifs is 3. The summed E-state index contributed by atoms with van der Waals surface area (Å²) in [5.41, 5.74) is 4.30. The normalized spacial score (nSPS) is 12.1. The molecule has 0 radical (unpaired) electrons. The number of aliphatic imine (C=N–C) groups is 1. The van der Waals surface area contributed by atoms with E-state index in [0.29, 0.717) is 11.5 Å². The quantitative estimate of drug-likeness (QED) is 0.488. The van der Waals surface area contributed by atoms with Gasteiger partial charge in [0.15, 0.2) is 11.5 Å². The predicted octanol–water partition coefficient (Wildman–Crippen LogP) is 4.49. The summed E-state index contributed by atoms with van der Waals surface area (Å²) < 4.78 is 16.1. The number of para-hydroxylation sites is 1. The molecule has 0 aliphatic heterocycles. The zero-order valence-corrected chi connectivity index (χ0v) is 15.6. The lowest BCUT2D eigenvalue weighted by molar-refractivity contribution is 0.354. The van der Waals surface area contributed by atoms with Crippen LogP contribution in [-0.4, -0.2) is 32.5 Å². The first-order valence-electron chi connectivity index (χ1n) is 8.15. The monoisotopic (exact) mass is 366 g/mol. The van der Waals surface area contributed by atoms with Crippen LogP contribution in [0.2, 0.25) is 0 Å². The minimum atomic E-state index is 0.667. The van der Waals surface area contributed by atoms with Crippen LogP contribution >= 0.6 is 11.3 Å². The highest BCUT2D eigenvalue weighted by molar-refractivity contribution is 7.15. The molecule has 1 aromatic heterocycles. The van der Waals surface area contributed by atoms with Gasteiger partial charge in [0.2, 0.25) is 5.13 Å². The zero-order valence-electron chi connectivity index (χ0n) is 14.8. The summed E-state index contributed by atoms with van der Waals surface area (Å²) in [6.45, 7) is 0. The van der Waals surface area contributed by atoms with Gasteiger partial charge in [-0.25, -0.2) is 9.98 Å². The summed E-state index contributed by atoms with van der Waals surface area (Å²) in [4.78, 5) is 10.5. The Bertz CT molecular complexity index is 995. The molecular formula is C20H18N2O3S. The van der Waals surface area contributed by atoms with E-state index in [4.69, 9.17) is 19.2 Å². The van der Waals surface area contributed by atoms with Crippen molar-refractivity contribution in [2.45, 2.75) is 6.42 Å². The van der Waals surface area contributed by atoms with Crippen LogP contribution in [0.15, 0.2) is 41.4 Å². The minimum Gasteiger partial charge on any atom is -0.497 e. The number of thiazole rings is 1. The third-order valence-electron chi connectivity index (χ3n) is 4.35. The van der Waals surface area contributed by atoms with Gasteiger partial charge in [-0.2, -0.15) is 0 Å². The Balaban J connectivity index is 1.63. The Morgan fingerprint density at radius 3 is 2.73 bits per heavy atom. The molecule has 0 saturated heterocycles. The molecule has 0 unspecified atom stereocenters. The molecule has 0 bridgehead atoms. The fourth-order valence-electron chi connectivity index (χ4n) is 3.11. The van der Waals surface area contributed by atoms with Crippen LogP contribution < -0.4 is 14.2 Å². The molecule has 0 fully saturated rings. The lowest BCUT2D eigenvalue weighted by atomic mass is 10.1. The topological polar surface area (TPSA) is 52.9 Å². The van der Waals surface area contributed by atoms with Crippen LogP contribution in [-0.2, 0) is 6.42 Å². The van der Waals surface area contributed by atoms with Crippen LogP contribution in [0, 0.1) is 0 Å². The number of nitrogens with zero attached hydrogens (tertiary/aromatic N) is 2. The van der Waals surface area contributed by atoms with Gasteiger partial charge in [-0.05, 0) is 35.9 Å². The molecule has 0 saturated carbocycles. The first-order valence-corrected chi connectivity index (χ1v) is 8.97. The van der Waals surface area contributed by atoms with E-state index in [2.05, 4.69) is 17.1 Å². The fraction of sp³-hybridized carbons (Fsp3) is 0.200. The summed E-state index contributed by atoms with van der Waals surface area (Å²) in [7, 11) is 4.93. The van der Waals surface area contributed by atoms with E-state index in [1.54, 1.807) is 38.9 Å². The fourth-order valence-corrected chi connectivity index (χ4v) is 4.05. The highest BCUT2D eigenvalue weighted by Crippen LogP contribution is 2.43. The van der Waals surface area contributed by atoms with Crippen molar-refractivity contribution in [3.8, 4) is 28.5 Å². The summed E-state index contributed by atoms with van der Waals surface area (Å²) in [5, 5.41) is 0.737. The molecule has 132 valence electrons. The molecule has 1 aliphatic rings. The van der Waals surface area contributed by atoms with Crippen LogP contribution in [0.25, 0.3) is 11.3 Å². The molecule has 5 nitrogen and oxygen atoms in total. The maximum absolute atomic E-state index is 5.44. The molecule has 4 rings (SSSR count). The van der Waals surface area contributed by atoms with Gasteiger partial charge in [0.1, 0.15) is 5.75 Å². The second-order valence-electron chi connectivity index (χ2n) is 5.81. The predicted molar refractivity (Wildman–Crippen MR) is 104 cm³/mol. The van der Waals surface area contributed by atoms with Crippen LogP contribution in [0.5, 0.6) is 17.2 Å². The number of hydrogen-bond acceptors (Lipinski definition) is 6. The van der Waals surface area contributed by atoms with E-state index in [9.17, 15) is 0 Å². The Labute approximate surface area is 155 Å². The van der Waals surface area contributed by atoms with Crippen molar-refractivity contribution in [3.63, 3.8) is 0 Å². The van der Waals surface area contributed by atoms with Crippen molar-refractivity contribution >= 4 is 22.7 Å². The molecular weight excluding hydrogens is 348 g/mol. The van der Waals surface area contributed by atoms with E-state index in [0.717, 1.165) is 34.1 Å². The van der Waals surface area contributed by atoms with E-state index in [1.165, 1.54) is 10.4 Å². The van der Waals surface area contributed by atoms with Gasteiger partial charge in [-0.1, -0.05) is 17.4 Å². The highest BCUT2D eigenvalue weighted by atomic mass is 32.1. The summed E-state index contributed by atoms with van der Waals surface area (Å²) in [6.07, 6.45) is 2.64. The Morgan fingerprint density at radius 2 is 1.96 bits per heavy atom. The van der Waals surface area contributed by atoms with Crippen LogP contribution in [0.3, 0.4) is 0 Å². The smallest absolute Gasteiger partial charge is 0.209 e. The molecule has 0 amide bonds. The first-order chi connectivity index (χ1) is 12.7. The van der Waals surface area contributed by atoms with E-state index >= 15 is 0 Å². The van der Waals surface area contributed by atoms with Crippen molar-refractivity contribution in [2.75, 3.05) is 21.3 Å². The SMILES string of the molecule is COc1ccc2c(c1)Cc1sc(N=Cc3cccc(OC)c3OC)nc1-2. The van der Waals surface area contributed by atoms with Crippen LogP contribution in [0.1, 0.15) is 16.0 Å². The number of methoxy groups -OCH3 is 3. The number of ether oxygens (including phenoxy) is 3. The standard InChI is InChI=1S/C20H18N2O3S/c1-23-14-7-8-15-13(9-14)10-17-18(15)22-20(26-17)21-11-12-5-4-6-16(24-2)19(12)25-3/h4-9,11H,10H2,1-3H3. The molecule has 6 heteroatoms. The average Bonchev–Trinajstić information content (AvgIpc) is 3.22. The lowest BCUT2D eigenvalue weighted by Gasteiger charge is -2.09. The Hall–Kier alpha value is -2.86. The molecule has 0 spiro atoms. The summed E-state index contributed by atoms with van der Waals surface area (Å²) in [5.74, 6) is 2.23. The van der Waals surface area contributed by atoms with Crippen molar-refractivity contribution in [3.05, 3.63) is 52.4 Å². The van der Waals surface area contributed by atoms with Gasteiger partial charge in [0.05, 0.1) is 27.0 Å². The molecule has 3 aromatic rings. The number of aromatic nitrogens is 1. The number of hydrogen-bond donors (Lipinski definition) is 0. The lowest BCUT2D eigenvalue weighted by Crippen LogP contribution is -1.94. The van der Waals surface area contributed by atoms with Gasteiger partial charge in [0.25, 0.3) is 0 Å². The minimum absolute atomic E-state index is 0.667. The van der Waals surface area contributed by atoms with Crippen molar-refractivity contribution in [1.29, 1.82) is 0 Å². The molecule has 1 heterocycles. The second kappa shape index (κ2) is 6.80. The van der Waals surface area contributed by atoms with Crippen molar-refractivity contribution < 1.29 is 14.2 Å². The third kappa shape index (κ3) is 2.82.